The van der Waals surface area contributed by atoms with Gasteiger partial charge in [0.15, 0.2) is 0 Å². The van der Waals surface area contributed by atoms with Crippen LogP contribution in [0, 0.1) is 6.92 Å². The summed E-state index contributed by atoms with van der Waals surface area (Å²) in [6.45, 7) is 1.80. The van der Waals surface area contributed by atoms with Crippen LogP contribution in [0.2, 0.25) is 5.02 Å². The number of benzene rings is 2. The van der Waals surface area contributed by atoms with Crippen molar-refractivity contribution in [1.82, 2.24) is 4.98 Å². The van der Waals surface area contributed by atoms with E-state index in [2.05, 4.69) is 20.9 Å². The van der Waals surface area contributed by atoms with Crippen LogP contribution in [0.25, 0.3) is 11.5 Å². The Balaban J connectivity index is 1.74. The molecule has 1 heterocycles. The van der Waals surface area contributed by atoms with Gasteiger partial charge in [-0.15, -0.1) is 0 Å². The molecular weight excluding hydrogens is 394 g/mol. The highest BCUT2D eigenvalue weighted by molar-refractivity contribution is 9.10. The Bertz CT molecular complexity index is 877. The number of ether oxygens (including phenoxy) is 1. The molecule has 0 fully saturated rings. The second-order valence-corrected chi connectivity index (χ2v) is 6.41. The second kappa shape index (κ2) is 7.20. The Labute approximate surface area is 152 Å². The van der Waals surface area contributed by atoms with E-state index in [1.165, 1.54) is 0 Å². The molecule has 0 aliphatic carbocycles. The van der Waals surface area contributed by atoms with Crippen LogP contribution in [0.1, 0.15) is 21.8 Å². The van der Waals surface area contributed by atoms with Crippen molar-refractivity contribution in [2.24, 2.45) is 0 Å². The molecule has 0 saturated heterocycles. The minimum Gasteiger partial charge on any atom is -0.455 e. The molecule has 1 aromatic heterocycles. The quantitative estimate of drug-likeness (QED) is 0.543. The first kappa shape index (κ1) is 16.7. The van der Waals surface area contributed by atoms with Gasteiger partial charge in [-0.25, -0.2) is 9.78 Å². The number of esters is 1. The fourth-order valence-corrected chi connectivity index (χ4v) is 2.69. The van der Waals surface area contributed by atoms with Crippen molar-refractivity contribution in [2.75, 3.05) is 0 Å². The lowest BCUT2D eigenvalue weighted by atomic mass is 10.2. The standard InChI is InChI=1S/C18H13BrClNO3/c1-11-16(21-17(24-11)12-5-3-2-4-6-12)10-23-18(22)14-9-13(19)7-8-15(14)20/h2-9H,10H2,1H3. The number of carbonyl (C=O) groups excluding carboxylic acids is 1. The molecule has 0 spiro atoms. The summed E-state index contributed by atoms with van der Waals surface area (Å²) in [5.74, 6) is 0.603. The zero-order valence-corrected chi connectivity index (χ0v) is 15.1. The van der Waals surface area contributed by atoms with E-state index in [-0.39, 0.29) is 6.61 Å². The highest BCUT2D eigenvalue weighted by atomic mass is 79.9. The van der Waals surface area contributed by atoms with E-state index in [9.17, 15) is 4.79 Å². The molecule has 0 unspecified atom stereocenters. The molecule has 0 saturated carbocycles. The fraction of sp³-hybridized carbons (Fsp3) is 0.111. The molecule has 24 heavy (non-hydrogen) atoms. The maximum Gasteiger partial charge on any atom is 0.340 e. The molecular formula is C18H13BrClNO3. The molecule has 0 aliphatic rings. The SMILES string of the molecule is Cc1oc(-c2ccccc2)nc1COC(=O)c1cc(Br)ccc1Cl. The molecule has 3 rings (SSSR count). The normalized spacial score (nSPS) is 10.6. The molecule has 0 N–H and O–H groups in total. The van der Waals surface area contributed by atoms with Crippen molar-refractivity contribution in [3.63, 3.8) is 0 Å². The monoisotopic (exact) mass is 405 g/mol. The summed E-state index contributed by atoms with van der Waals surface area (Å²) >= 11 is 9.34. The van der Waals surface area contributed by atoms with Crippen molar-refractivity contribution in [1.29, 1.82) is 0 Å². The van der Waals surface area contributed by atoms with Crippen molar-refractivity contribution >= 4 is 33.5 Å². The topological polar surface area (TPSA) is 52.3 Å². The second-order valence-electron chi connectivity index (χ2n) is 5.09. The number of nitrogens with zero attached hydrogens (tertiary/aromatic N) is 1. The number of oxazole rings is 1. The third-order valence-corrected chi connectivity index (χ3v) is 4.22. The van der Waals surface area contributed by atoms with Gasteiger partial charge < -0.3 is 9.15 Å². The summed E-state index contributed by atoms with van der Waals surface area (Å²) < 4.78 is 11.7. The van der Waals surface area contributed by atoms with Gasteiger partial charge in [-0.1, -0.05) is 45.7 Å². The van der Waals surface area contributed by atoms with E-state index in [0.717, 1.165) is 10.0 Å². The Morgan fingerprint density at radius 1 is 1.25 bits per heavy atom. The highest BCUT2D eigenvalue weighted by Crippen LogP contribution is 2.24. The molecule has 0 amide bonds. The van der Waals surface area contributed by atoms with Crippen LogP contribution in [0.5, 0.6) is 0 Å². The van der Waals surface area contributed by atoms with Crippen LogP contribution in [0.15, 0.2) is 57.4 Å². The number of aryl methyl sites for hydroxylation is 1. The number of rotatable bonds is 4. The zero-order valence-electron chi connectivity index (χ0n) is 12.8. The van der Waals surface area contributed by atoms with Gasteiger partial charge in [0.1, 0.15) is 18.1 Å². The molecule has 2 aromatic carbocycles. The summed E-state index contributed by atoms with van der Waals surface area (Å²) in [7, 11) is 0. The van der Waals surface area contributed by atoms with E-state index >= 15 is 0 Å². The molecule has 0 bridgehead atoms. The van der Waals surface area contributed by atoms with E-state index in [1.807, 2.05) is 30.3 Å². The van der Waals surface area contributed by atoms with Crippen molar-refractivity contribution in [3.8, 4) is 11.5 Å². The van der Waals surface area contributed by atoms with Gasteiger partial charge in [0.25, 0.3) is 0 Å². The number of halogens is 2. The lowest BCUT2D eigenvalue weighted by Crippen LogP contribution is -2.07. The first-order valence-corrected chi connectivity index (χ1v) is 8.35. The fourth-order valence-electron chi connectivity index (χ4n) is 2.13. The minimum absolute atomic E-state index is 0.0177. The number of hydrogen-bond donors (Lipinski definition) is 0. The summed E-state index contributed by atoms with van der Waals surface area (Å²) in [6, 6.07) is 14.6. The van der Waals surface area contributed by atoms with Gasteiger partial charge in [-0.05, 0) is 37.3 Å². The molecule has 0 atom stereocenters. The predicted molar refractivity (Wildman–Crippen MR) is 94.9 cm³/mol. The Hall–Kier alpha value is -2.11. The number of hydrogen-bond acceptors (Lipinski definition) is 4. The van der Waals surface area contributed by atoms with Crippen LogP contribution in [-0.2, 0) is 11.3 Å². The van der Waals surface area contributed by atoms with Crippen LogP contribution >= 0.6 is 27.5 Å². The summed E-state index contributed by atoms with van der Waals surface area (Å²) in [5.41, 5.74) is 1.75. The first-order chi connectivity index (χ1) is 11.5. The van der Waals surface area contributed by atoms with Crippen molar-refractivity contribution in [2.45, 2.75) is 13.5 Å². The van der Waals surface area contributed by atoms with Gasteiger partial charge in [-0.3, -0.25) is 0 Å². The van der Waals surface area contributed by atoms with E-state index in [0.29, 0.717) is 27.9 Å². The Morgan fingerprint density at radius 2 is 2.00 bits per heavy atom. The van der Waals surface area contributed by atoms with E-state index < -0.39 is 5.97 Å². The van der Waals surface area contributed by atoms with Gasteiger partial charge in [0, 0.05) is 10.0 Å². The lowest BCUT2D eigenvalue weighted by Gasteiger charge is -2.05. The minimum atomic E-state index is -0.509. The third-order valence-electron chi connectivity index (χ3n) is 3.40. The first-order valence-electron chi connectivity index (χ1n) is 7.18. The molecule has 6 heteroatoms. The average Bonchev–Trinajstić information content (AvgIpc) is 2.96. The van der Waals surface area contributed by atoms with Gasteiger partial charge in [0.05, 0.1) is 10.6 Å². The van der Waals surface area contributed by atoms with Crippen LogP contribution in [-0.4, -0.2) is 11.0 Å². The van der Waals surface area contributed by atoms with E-state index in [4.69, 9.17) is 20.8 Å². The Kier molecular flexibility index (Phi) is 5.02. The van der Waals surface area contributed by atoms with Crippen LogP contribution < -0.4 is 0 Å². The van der Waals surface area contributed by atoms with E-state index in [1.54, 1.807) is 25.1 Å². The number of aromatic nitrogens is 1. The summed E-state index contributed by atoms with van der Waals surface area (Å²) in [6.07, 6.45) is 0. The van der Waals surface area contributed by atoms with Crippen molar-refractivity contribution < 1.29 is 13.9 Å². The van der Waals surface area contributed by atoms with Gasteiger partial charge in [0.2, 0.25) is 5.89 Å². The smallest absolute Gasteiger partial charge is 0.340 e. The highest BCUT2D eigenvalue weighted by Gasteiger charge is 2.16. The third kappa shape index (κ3) is 3.68. The zero-order chi connectivity index (χ0) is 17.1. The summed E-state index contributed by atoms with van der Waals surface area (Å²) in [4.78, 5) is 16.6. The van der Waals surface area contributed by atoms with Crippen LogP contribution in [0.3, 0.4) is 0 Å². The summed E-state index contributed by atoms with van der Waals surface area (Å²) in [5, 5.41) is 0.338. The molecule has 4 nitrogen and oxygen atoms in total. The molecule has 0 radical (unpaired) electrons. The molecule has 122 valence electrons. The maximum absolute atomic E-state index is 12.2. The van der Waals surface area contributed by atoms with Gasteiger partial charge >= 0.3 is 5.97 Å². The maximum atomic E-state index is 12.2. The Morgan fingerprint density at radius 3 is 2.75 bits per heavy atom. The molecule has 0 aliphatic heterocycles. The average molecular weight is 407 g/mol. The number of carbonyl (C=O) groups is 1. The predicted octanol–water partition coefficient (Wildman–Crippen LogP) is 5.42. The van der Waals surface area contributed by atoms with Crippen molar-refractivity contribution in [3.05, 3.63) is 75.0 Å². The van der Waals surface area contributed by atoms with Crippen LogP contribution in [0.4, 0.5) is 0 Å². The largest absolute Gasteiger partial charge is 0.455 e. The lowest BCUT2D eigenvalue weighted by molar-refractivity contribution is 0.0467. The van der Waals surface area contributed by atoms with Gasteiger partial charge in [-0.2, -0.15) is 0 Å². The molecule has 3 aromatic rings.